The molecule has 2 N–H and O–H groups in total. The van der Waals surface area contributed by atoms with Crippen LogP contribution in [0.25, 0.3) is 0 Å². The molecular formula is C21H20F6N8O2S. The van der Waals surface area contributed by atoms with Gasteiger partial charge in [-0.25, -0.2) is 20.1 Å². The summed E-state index contributed by atoms with van der Waals surface area (Å²) in [5.74, 6) is -0.325. The van der Waals surface area contributed by atoms with Gasteiger partial charge in [0, 0.05) is 42.6 Å². The molecule has 0 saturated carbocycles. The SMILES string of the molecule is CC(CCc1cnc(N2CCN(c3ncc(C(F)(F)F)cn3)CC2=O)s1)Nc1cn[nH]c(=O)c1C(F)(F)F. The van der Waals surface area contributed by atoms with Gasteiger partial charge in [0.05, 0.1) is 17.4 Å². The second kappa shape index (κ2) is 10.5. The van der Waals surface area contributed by atoms with Crippen LogP contribution >= 0.6 is 11.3 Å². The van der Waals surface area contributed by atoms with Crippen molar-refractivity contribution in [3.8, 4) is 0 Å². The van der Waals surface area contributed by atoms with Crippen LogP contribution in [0.15, 0.2) is 29.6 Å². The summed E-state index contributed by atoms with van der Waals surface area (Å²) in [6, 6.07) is -0.445. The zero-order valence-electron chi connectivity index (χ0n) is 19.6. The van der Waals surface area contributed by atoms with Gasteiger partial charge in [-0.15, -0.1) is 11.3 Å². The van der Waals surface area contributed by atoms with E-state index in [4.69, 9.17) is 0 Å². The van der Waals surface area contributed by atoms with Crippen molar-refractivity contribution >= 4 is 34.0 Å². The highest BCUT2D eigenvalue weighted by Gasteiger charge is 2.37. The van der Waals surface area contributed by atoms with Crippen LogP contribution in [-0.4, -0.2) is 56.7 Å². The van der Waals surface area contributed by atoms with Gasteiger partial charge in [0.25, 0.3) is 5.56 Å². The molecule has 1 unspecified atom stereocenters. The fraction of sp³-hybridized carbons (Fsp3) is 0.429. The van der Waals surface area contributed by atoms with Crippen LogP contribution in [0.2, 0.25) is 0 Å². The Morgan fingerprint density at radius 3 is 2.37 bits per heavy atom. The number of aromatic amines is 1. The quantitative estimate of drug-likeness (QED) is 0.421. The lowest BCUT2D eigenvalue weighted by Crippen LogP contribution is -2.51. The minimum atomic E-state index is -4.85. The lowest BCUT2D eigenvalue weighted by atomic mass is 10.1. The summed E-state index contributed by atoms with van der Waals surface area (Å²) in [6.45, 7) is 2.00. The number of alkyl halides is 6. The van der Waals surface area contributed by atoms with Crippen LogP contribution in [0.3, 0.4) is 0 Å². The first kappa shape index (κ1) is 27.3. The third-order valence-electron chi connectivity index (χ3n) is 5.61. The van der Waals surface area contributed by atoms with E-state index in [2.05, 4.69) is 25.4 Å². The van der Waals surface area contributed by atoms with Crippen molar-refractivity contribution in [2.45, 2.75) is 38.2 Å². The molecule has 1 aliphatic heterocycles. The van der Waals surface area contributed by atoms with Crippen LogP contribution < -0.4 is 20.7 Å². The predicted molar refractivity (Wildman–Crippen MR) is 125 cm³/mol. The molecule has 0 aromatic carbocycles. The van der Waals surface area contributed by atoms with Crippen LogP contribution in [0, 0.1) is 0 Å². The molecule has 10 nitrogen and oxygen atoms in total. The maximum absolute atomic E-state index is 13.2. The van der Waals surface area contributed by atoms with Crippen molar-refractivity contribution in [3.05, 3.63) is 51.1 Å². The monoisotopic (exact) mass is 562 g/mol. The van der Waals surface area contributed by atoms with Gasteiger partial charge < -0.3 is 10.2 Å². The van der Waals surface area contributed by atoms with Crippen molar-refractivity contribution in [1.29, 1.82) is 0 Å². The Morgan fingerprint density at radius 1 is 1.03 bits per heavy atom. The smallest absolute Gasteiger partial charge is 0.381 e. The number of aryl methyl sites for hydroxylation is 1. The van der Waals surface area contributed by atoms with E-state index in [9.17, 15) is 35.9 Å². The van der Waals surface area contributed by atoms with Crippen molar-refractivity contribution in [1.82, 2.24) is 25.1 Å². The molecular weight excluding hydrogens is 542 g/mol. The highest BCUT2D eigenvalue weighted by molar-refractivity contribution is 7.15. The van der Waals surface area contributed by atoms with E-state index in [0.29, 0.717) is 30.4 Å². The van der Waals surface area contributed by atoms with E-state index < -0.39 is 40.8 Å². The second-order valence-corrected chi connectivity index (χ2v) is 9.51. The average Bonchev–Trinajstić information content (AvgIpc) is 3.30. The van der Waals surface area contributed by atoms with Crippen LogP contribution in [0.4, 0.5) is 43.1 Å². The first-order chi connectivity index (χ1) is 17.8. The lowest BCUT2D eigenvalue weighted by molar-refractivity contribution is -0.139. The molecule has 1 atom stereocenters. The summed E-state index contributed by atoms with van der Waals surface area (Å²) in [6.07, 6.45) is -4.76. The second-order valence-electron chi connectivity index (χ2n) is 8.42. The maximum Gasteiger partial charge on any atom is 0.423 e. The normalized spacial score (nSPS) is 15.6. The van der Waals surface area contributed by atoms with Crippen LogP contribution in [0.1, 0.15) is 29.3 Å². The Morgan fingerprint density at radius 2 is 1.74 bits per heavy atom. The van der Waals surface area contributed by atoms with Gasteiger partial charge in [-0.2, -0.15) is 31.4 Å². The van der Waals surface area contributed by atoms with Crippen LogP contribution in [-0.2, 0) is 23.6 Å². The number of rotatable bonds is 7. The van der Waals surface area contributed by atoms with E-state index >= 15 is 0 Å². The third kappa shape index (κ3) is 6.20. The molecule has 1 saturated heterocycles. The lowest BCUT2D eigenvalue weighted by Gasteiger charge is -2.32. The molecule has 204 valence electrons. The van der Waals surface area contributed by atoms with Gasteiger partial charge in [0.2, 0.25) is 11.9 Å². The van der Waals surface area contributed by atoms with E-state index in [1.165, 1.54) is 21.1 Å². The highest BCUT2D eigenvalue weighted by Crippen LogP contribution is 2.32. The Balaban J connectivity index is 1.33. The molecule has 1 amide bonds. The zero-order valence-corrected chi connectivity index (χ0v) is 20.4. The molecule has 0 aliphatic carbocycles. The highest BCUT2D eigenvalue weighted by atomic mass is 32.1. The van der Waals surface area contributed by atoms with Crippen molar-refractivity contribution in [3.63, 3.8) is 0 Å². The minimum Gasteiger partial charge on any atom is -0.381 e. The number of amides is 1. The van der Waals surface area contributed by atoms with Crippen molar-refractivity contribution in [2.75, 3.05) is 34.8 Å². The first-order valence-corrected chi connectivity index (χ1v) is 11.9. The van der Waals surface area contributed by atoms with E-state index in [1.54, 1.807) is 18.2 Å². The van der Waals surface area contributed by atoms with Crippen LogP contribution in [0.5, 0.6) is 0 Å². The molecule has 3 aromatic heterocycles. The average molecular weight is 563 g/mol. The number of hydrogen-bond donors (Lipinski definition) is 2. The van der Waals surface area contributed by atoms with Gasteiger partial charge in [-0.05, 0) is 19.8 Å². The molecule has 4 heterocycles. The number of H-pyrrole nitrogens is 1. The summed E-state index contributed by atoms with van der Waals surface area (Å²) < 4.78 is 77.8. The van der Waals surface area contributed by atoms with Crippen molar-refractivity contribution < 1.29 is 31.1 Å². The number of nitrogens with one attached hydrogen (secondary N) is 2. The fourth-order valence-electron chi connectivity index (χ4n) is 3.70. The summed E-state index contributed by atoms with van der Waals surface area (Å²) in [5.41, 5.74) is -4.09. The standard InChI is InChI=1S/C21H20F6N8O2S/c1-11(32-14-9-31-33-17(37)16(14)21(25,26)27)2-3-13-8-30-19(38-13)35-5-4-34(10-15(35)36)18-28-6-12(7-29-18)20(22,23)24/h6-9,11H,2-5,10H2,1H3,(H2,32,33,37). The molecule has 3 aromatic rings. The molecule has 4 rings (SSSR count). The minimum absolute atomic E-state index is 0.0107. The van der Waals surface area contributed by atoms with Gasteiger partial charge in [0.1, 0.15) is 12.1 Å². The van der Waals surface area contributed by atoms with E-state index in [0.717, 1.165) is 11.1 Å². The van der Waals surface area contributed by atoms with Gasteiger partial charge in [-0.3, -0.25) is 14.5 Å². The molecule has 0 bridgehead atoms. The number of carbonyl (C=O) groups excluding carboxylic acids is 1. The number of aromatic nitrogens is 5. The zero-order chi connectivity index (χ0) is 27.7. The van der Waals surface area contributed by atoms with Gasteiger partial charge >= 0.3 is 12.4 Å². The molecule has 38 heavy (non-hydrogen) atoms. The third-order valence-corrected chi connectivity index (χ3v) is 6.69. The van der Waals surface area contributed by atoms with E-state index in [1.807, 2.05) is 0 Å². The summed E-state index contributed by atoms with van der Waals surface area (Å²) in [7, 11) is 0. The maximum atomic E-state index is 13.2. The molecule has 1 fully saturated rings. The molecule has 1 aliphatic rings. The number of piperazine rings is 1. The largest absolute Gasteiger partial charge is 0.423 e. The topological polar surface area (TPSA) is 120 Å². The number of thiazole rings is 1. The number of anilines is 3. The summed E-state index contributed by atoms with van der Waals surface area (Å²) in [4.78, 5) is 39.7. The summed E-state index contributed by atoms with van der Waals surface area (Å²) >= 11 is 1.25. The van der Waals surface area contributed by atoms with Crippen molar-refractivity contribution in [2.24, 2.45) is 0 Å². The van der Waals surface area contributed by atoms with Gasteiger partial charge in [0.15, 0.2) is 5.13 Å². The number of nitrogens with zero attached hydrogens (tertiary/aromatic N) is 6. The Kier molecular flexibility index (Phi) is 7.57. The Hall–Kier alpha value is -3.76. The fourth-order valence-corrected chi connectivity index (χ4v) is 4.67. The van der Waals surface area contributed by atoms with E-state index in [-0.39, 0.29) is 31.5 Å². The Labute approximate surface area is 214 Å². The first-order valence-electron chi connectivity index (χ1n) is 11.1. The number of hydrogen-bond acceptors (Lipinski definition) is 9. The predicted octanol–water partition coefficient (Wildman–Crippen LogP) is 3.34. The molecule has 0 spiro atoms. The Bertz CT molecular complexity index is 1340. The number of carbonyl (C=O) groups is 1. The summed E-state index contributed by atoms with van der Waals surface area (Å²) in [5, 5.41) is 8.31. The molecule has 17 heteroatoms. The molecule has 0 radical (unpaired) electrons. The number of halogens is 6. The van der Waals surface area contributed by atoms with Gasteiger partial charge in [-0.1, -0.05) is 0 Å².